The van der Waals surface area contributed by atoms with Crippen LogP contribution in [-0.4, -0.2) is 0 Å². The second-order valence-corrected chi connectivity index (χ2v) is 5.27. The van der Waals surface area contributed by atoms with Gasteiger partial charge in [0, 0.05) is 0 Å². The summed E-state index contributed by atoms with van der Waals surface area (Å²) in [6, 6.07) is 0. The Morgan fingerprint density at radius 2 is 1.85 bits per heavy atom. The molecule has 0 aliphatic heterocycles. The molecule has 0 bridgehead atoms. The molecule has 0 heteroatoms. The molecule has 0 nitrogen and oxygen atoms in total. The number of rotatable bonds is 3. The number of fused-ring (bicyclic) bond motifs is 1. The summed E-state index contributed by atoms with van der Waals surface area (Å²) in [4.78, 5) is 0. The van der Waals surface area contributed by atoms with Crippen LogP contribution in [0.4, 0.5) is 0 Å². The third-order valence-corrected chi connectivity index (χ3v) is 4.36. The van der Waals surface area contributed by atoms with Gasteiger partial charge in [0.25, 0.3) is 0 Å². The Hall–Kier alpha value is 0. The first-order chi connectivity index (χ1) is 6.40. The van der Waals surface area contributed by atoms with Gasteiger partial charge in [-0.1, -0.05) is 51.9 Å². The molecule has 2 aliphatic rings. The standard InChI is InChI=1S/C13H24/c1-2-3-5-11-8-9-12-6-4-7-13(12)10-11/h11-13H,2-10H2,1H3/t11?,12?,13-/m1/s1. The van der Waals surface area contributed by atoms with Crippen LogP contribution in [0.2, 0.25) is 0 Å². The summed E-state index contributed by atoms with van der Waals surface area (Å²) in [6.45, 7) is 2.32. The zero-order valence-electron chi connectivity index (χ0n) is 9.10. The lowest BCUT2D eigenvalue weighted by Crippen LogP contribution is -2.20. The molecular weight excluding hydrogens is 156 g/mol. The van der Waals surface area contributed by atoms with E-state index in [0.29, 0.717) is 0 Å². The van der Waals surface area contributed by atoms with E-state index in [1.54, 1.807) is 32.1 Å². The lowest BCUT2D eigenvalue weighted by Gasteiger charge is -2.31. The number of hydrogen-bond acceptors (Lipinski definition) is 0. The Morgan fingerprint density at radius 3 is 2.69 bits per heavy atom. The normalized spacial score (nSPS) is 39.0. The van der Waals surface area contributed by atoms with Gasteiger partial charge in [0.1, 0.15) is 0 Å². The molecule has 0 N–H and O–H groups in total. The molecule has 76 valence electrons. The van der Waals surface area contributed by atoms with Gasteiger partial charge in [-0.25, -0.2) is 0 Å². The fraction of sp³-hybridized carbons (Fsp3) is 1.00. The second kappa shape index (κ2) is 4.48. The quantitative estimate of drug-likeness (QED) is 0.604. The van der Waals surface area contributed by atoms with Crippen LogP contribution in [0.1, 0.15) is 64.7 Å². The third kappa shape index (κ3) is 2.27. The van der Waals surface area contributed by atoms with E-state index in [-0.39, 0.29) is 0 Å². The van der Waals surface area contributed by atoms with Crippen molar-refractivity contribution in [1.29, 1.82) is 0 Å². The molecule has 0 aromatic carbocycles. The summed E-state index contributed by atoms with van der Waals surface area (Å²) in [5.74, 6) is 3.41. The van der Waals surface area contributed by atoms with Crippen LogP contribution in [0.15, 0.2) is 0 Å². The van der Waals surface area contributed by atoms with Crippen LogP contribution in [0.3, 0.4) is 0 Å². The van der Waals surface area contributed by atoms with E-state index in [1.165, 1.54) is 25.7 Å². The van der Waals surface area contributed by atoms with E-state index >= 15 is 0 Å². The molecule has 0 saturated heterocycles. The Balaban J connectivity index is 1.76. The maximum absolute atomic E-state index is 2.32. The van der Waals surface area contributed by atoms with Crippen molar-refractivity contribution in [1.82, 2.24) is 0 Å². The first-order valence-corrected chi connectivity index (χ1v) is 6.40. The predicted octanol–water partition coefficient (Wildman–Crippen LogP) is 4.39. The number of hydrogen-bond donors (Lipinski definition) is 0. The Morgan fingerprint density at radius 1 is 1.00 bits per heavy atom. The van der Waals surface area contributed by atoms with Crippen molar-refractivity contribution in [2.45, 2.75) is 64.7 Å². The Labute approximate surface area is 83.1 Å². The minimum atomic E-state index is 1.11. The van der Waals surface area contributed by atoms with E-state index < -0.39 is 0 Å². The molecular formula is C13H24. The highest BCUT2D eigenvalue weighted by Gasteiger charge is 2.33. The topological polar surface area (TPSA) is 0 Å². The highest BCUT2D eigenvalue weighted by molar-refractivity contribution is 4.84. The monoisotopic (exact) mass is 180 g/mol. The Kier molecular flexibility index (Phi) is 3.29. The molecule has 13 heavy (non-hydrogen) atoms. The predicted molar refractivity (Wildman–Crippen MR) is 57.7 cm³/mol. The smallest absolute Gasteiger partial charge is 0.0383 e. The Bertz CT molecular complexity index is 150. The summed E-state index contributed by atoms with van der Waals surface area (Å²) in [7, 11) is 0. The van der Waals surface area contributed by atoms with Crippen LogP contribution in [-0.2, 0) is 0 Å². The highest BCUT2D eigenvalue weighted by atomic mass is 14.4. The SMILES string of the molecule is CCCCC1CCC2CCC[C@@H]2C1. The van der Waals surface area contributed by atoms with Gasteiger partial charge in [-0.15, -0.1) is 0 Å². The highest BCUT2D eigenvalue weighted by Crippen LogP contribution is 2.45. The number of unbranched alkanes of at least 4 members (excludes halogenated alkanes) is 1. The largest absolute Gasteiger partial charge is 0.0654 e. The van der Waals surface area contributed by atoms with Gasteiger partial charge in [0.2, 0.25) is 0 Å². The second-order valence-electron chi connectivity index (χ2n) is 5.27. The van der Waals surface area contributed by atoms with Crippen molar-refractivity contribution in [3.05, 3.63) is 0 Å². The molecule has 2 unspecified atom stereocenters. The van der Waals surface area contributed by atoms with Crippen molar-refractivity contribution >= 4 is 0 Å². The molecule has 0 aromatic rings. The average Bonchev–Trinajstić information content (AvgIpc) is 2.61. The van der Waals surface area contributed by atoms with Gasteiger partial charge in [0.15, 0.2) is 0 Å². The van der Waals surface area contributed by atoms with Crippen molar-refractivity contribution in [3.63, 3.8) is 0 Å². The molecule has 2 aliphatic carbocycles. The van der Waals surface area contributed by atoms with E-state index in [4.69, 9.17) is 0 Å². The molecule has 0 amide bonds. The molecule has 0 aromatic heterocycles. The van der Waals surface area contributed by atoms with E-state index in [2.05, 4.69) is 6.92 Å². The van der Waals surface area contributed by atoms with Gasteiger partial charge in [-0.05, 0) is 30.6 Å². The van der Waals surface area contributed by atoms with Gasteiger partial charge >= 0.3 is 0 Å². The van der Waals surface area contributed by atoms with Gasteiger partial charge in [-0.2, -0.15) is 0 Å². The van der Waals surface area contributed by atoms with Crippen LogP contribution in [0.5, 0.6) is 0 Å². The van der Waals surface area contributed by atoms with Gasteiger partial charge < -0.3 is 0 Å². The molecule has 0 spiro atoms. The first-order valence-electron chi connectivity index (χ1n) is 6.40. The summed E-state index contributed by atoms with van der Waals surface area (Å²) in [5.41, 5.74) is 0. The minimum Gasteiger partial charge on any atom is -0.0654 e. The lowest BCUT2D eigenvalue weighted by atomic mass is 9.74. The van der Waals surface area contributed by atoms with Crippen LogP contribution >= 0.6 is 0 Å². The van der Waals surface area contributed by atoms with Crippen molar-refractivity contribution in [3.8, 4) is 0 Å². The third-order valence-electron chi connectivity index (χ3n) is 4.36. The first kappa shape index (κ1) is 9.55. The minimum absolute atomic E-state index is 1.11. The van der Waals surface area contributed by atoms with Gasteiger partial charge in [0.05, 0.1) is 0 Å². The van der Waals surface area contributed by atoms with Crippen LogP contribution < -0.4 is 0 Å². The van der Waals surface area contributed by atoms with Crippen LogP contribution in [0, 0.1) is 17.8 Å². The molecule has 0 radical (unpaired) electrons. The van der Waals surface area contributed by atoms with E-state index in [1.807, 2.05) is 0 Å². The molecule has 2 rings (SSSR count). The van der Waals surface area contributed by atoms with E-state index in [0.717, 1.165) is 17.8 Å². The summed E-state index contributed by atoms with van der Waals surface area (Å²) in [6.07, 6.45) is 13.8. The summed E-state index contributed by atoms with van der Waals surface area (Å²) < 4.78 is 0. The van der Waals surface area contributed by atoms with Crippen molar-refractivity contribution in [2.24, 2.45) is 17.8 Å². The van der Waals surface area contributed by atoms with E-state index in [9.17, 15) is 0 Å². The zero-order chi connectivity index (χ0) is 9.10. The zero-order valence-corrected chi connectivity index (χ0v) is 9.10. The van der Waals surface area contributed by atoms with Crippen molar-refractivity contribution < 1.29 is 0 Å². The summed E-state index contributed by atoms with van der Waals surface area (Å²) in [5, 5.41) is 0. The summed E-state index contributed by atoms with van der Waals surface area (Å²) >= 11 is 0. The molecule has 3 atom stereocenters. The fourth-order valence-corrected chi connectivity index (χ4v) is 3.55. The van der Waals surface area contributed by atoms with Gasteiger partial charge in [-0.3, -0.25) is 0 Å². The fourth-order valence-electron chi connectivity index (χ4n) is 3.55. The van der Waals surface area contributed by atoms with Crippen molar-refractivity contribution in [2.75, 3.05) is 0 Å². The lowest BCUT2D eigenvalue weighted by molar-refractivity contribution is 0.198. The van der Waals surface area contributed by atoms with Crippen LogP contribution in [0.25, 0.3) is 0 Å². The maximum Gasteiger partial charge on any atom is -0.0383 e. The maximum atomic E-state index is 2.32. The molecule has 2 saturated carbocycles. The average molecular weight is 180 g/mol. The molecule has 2 fully saturated rings. The molecule has 0 heterocycles.